The molecular weight excluding hydrogens is 450 g/mol. The first-order valence-corrected chi connectivity index (χ1v) is 14.5. The van der Waals surface area contributed by atoms with Crippen LogP contribution >= 0.6 is 0 Å². The summed E-state index contributed by atoms with van der Waals surface area (Å²) in [6, 6.07) is 7.83. The smallest absolute Gasteiger partial charge is 0.237 e. The first-order valence-electron chi connectivity index (χ1n) is 13.0. The lowest BCUT2D eigenvalue weighted by atomic mass is 9.86. The Morgan fingerprint density at radius 3 is 2.65 bits per heavy atom. The number of amides is 1. The summed E-state index contributed by atoms with van der Waals surface area (Å²) < 4.78 is 26.8. The van der Waals surface area contributed by atoms with Crippen LogP contribution in [0, 0.1) is 11.8 Å². The SMILES string of the molecule is CC1CC(N2CCCN2)CCC1S(=O)(=O)c1ccc(CNC(=O)C2CC3CNCCC3N2)cc1. The van der Waals surface area contributed by atoms with Gasteiger partial charge in [-0.05, 0) is 81.1 Å². The van der Waals surface area contributed by atoms with Crippen LogP contribution < -0.4 is 21.4 Å². The zero-order chi connectivity index (χ0) is 23.7. The number of benzene rings is 1. The Labute approximate surface area is 203 Å². The fourth-order valence-electron chi connectivity index (χ4n) is 6.43. The molecule has 0 spiro atoms. The van der Waals surface area contributed by atoms with Crippen LogP contribution in [0.15, 0.2) is 29.2 Å². The van der Waals surface area contributed by atoms with Crippen LogP contribution in [0.5, 0.6) is 0 Å². The number of carbonyl (C=O) groups is 1. The van der Waals surface area contributed by atoms with Gasteiger partial charge in [-0.15, -0.1) is 0 Å². The fraction of sp³-hybridized carbons (Fsp3) is 0.720. The number of fused-ring (bicyclic) bond motifs is 1. The van der Waals surface area contributed by atoms with Crippen LogP contribution in [0.3, 0.4) is 0 Å². The molecule has 0 bridgehead atoms. The van der Waals surface area contributed by atoms with Crippen LogP contribution in [0.1, 0.15) is 51.0 Å². The van der Waals surface area contributed by atoms with E-state index in [2.05, 4.69) is 33.3 Å². The molecule has 3 heterocycles. The molecule has 1 amide bonds. The number of hydrazine groups is 1. The molecule has 34 heavy (non-hydrogen) atoms. The van der Waals surface area contributed by atoms with Crippen molar-refractivity contribution < 1.29 is 13.2 Å². The first-order chi connectivity index (χ1) is 16.4. The minimum Gasteiger partial charge on any atom is -0.351 e. The molecule has 6 atom stereocenters. The van der Waals surface area contributed by atoms with Gasteiger partial charge < -0.3 is 16.0 Å². The van der Waals surface area contributed by atoms with Crippen LogP contribution in [-0.2, 0) is 21.2 Å². The summed E-state index contributed by atoms with van der Waals surface area (Å²) in [6.45, 7) is 6.56. The summed E-state index contributed by atoms with van der Waals surface area (Å²) in [5.74, 6) is 0.685. The first kappa shape index (κ1) is 24.2. The predicted molar refractivity (Wildman–Crippen MR) is 132 cm³/mol. The Kier molecular flexibility index (Phi) is 7.27. The van der Waals surface area contributed by atoms with Crippen molar-refractivity contribution in [3.8, 4) is 0 Å². The van der Waals surface area contributed by atoms with E-state index in [1.54, 1.807) is 12.1 Å². The van der Waals surface area contributed by atoms with Crippen molar-refractivity contribution >= 4 is 15.7 Å². The molecule has 1 aliphatic carbocycles. The van der Waals surface area contributed by atoms with Gasteiger partial charge in [0.1, 0.15) is 0 Å². The van der Waals surface area contributed by atoms with E-state index in [9.17, 15) is 13.2 Å². The minimum absolute atomic E-state index is 0.0316. The van der Waals surface area contributed by atoms with Crippen molar-refractivity contribution in [3.63, 3.8) is 0 Å². The van der Waals surface area contributed by atoms with E-state index in [-0.39, 0.29) is 23.1 Å². The van der Waals surface area contributed by atoms with E-state index < -0.39 is 9.84 Å². The summed E-state index contributed by atoms with van der Waals surface area (Å²) >= 11 is 0. The highest BCUT2D eigenvalue weighted by atomic mass is 32.2. The van der Waals surface area contributed by atoms with Gasteiger partial charge in [0, 0.05) is 31.7 Å². The van der Waals surface area contributed by atoms with Crippen LogP contribution in [0.25, 0.3) is 0 Å². The number of nitrogens with zero attached hydrogens (tertiary/aromatic N) is 1. The largest absolute Gasteiger partial charge is 0.351 e. The van der Waals surface area contributed by atoms with Gasteiger partial charge in [-0.25, -0.2) is 13.4 Å². The summed E-state index contributed by atoms with van der Waals surface area (Å²) in [7, 11) is -3.37. The molecule has 4 aliphatic rings. The number of hydrogen-bond donors (Lipinski definition) is 4. The molecule has 4 N–H and O–H groups in total. The molecule has 0 aromatic heterocycles. The van der Waals surface area contributed by atoms with Gasteiger partial charge in [0.15, 0.2) is 9.84 Å². The number of sulfone groups is 1. The van der Waals surface area contributed by atoms with Gasteiger partial charge in [-0.2, -0.15) is 0 Å². The van der Waals surface area contributed by atoms with Gasteiger partial charge in [-0.1, -0.05) is 19.1 Å². The molecule has 8 nitrogen and oxygen atoms in total. The Hall–Kier alpha value is -1.52. The normalized spacial score (nSPS) is 34.6. The van der Waals surface area contributed by atoms with Gasteiger partial charge in [0.05, 0.1) is 16.2 Å². The minimum atomic E-state index is -3.37. The molecule has 3 aliphatic heterocycles. The lowest BCUT2D eigenvalue weighted by molar-refractivity contribution is -0.123. The Morgan fingerprint density at radius 2 is 1.94 bits per heavy atom. The second-order valence-electron chi connectivity index (χ2n) is 10.7. The lowest BCUT2D eigenvalue weighted by Crippen LogP contribution is -2.47. The monoisotopic (exact) mass is 489 g/mol. The quantitative estimate of drug-likeness (QED) is 0.476. The van der Waals surface area contributed by atoms with E-state index in [4.69, 9.17) is 0 Å². The molecule has 6 unspecified atom stereocenters. The van der Waals surface area contributed by atoms with Crippen LogP contribution in [0.2, 0.25) is 0 Å². The second kappa shape index (κ2) is 10.2. The third-order valence-electron chi connectivity index (χ3n) is 8.39. The van der Waals surface area contributed by atoms with E-state index >= 15 is 0 Å². The highest BCUT2D eigenvalue weighted by Crippen LogP contribution is 2.35. The van der Waals surface area contributed by atoms with Crippen molar-refractivity contribution in [2.45, 2.75) is 80.3 Å². The molecule has 5 rings (SSSR count). The van der Waals surface area contributed by atoms with E-state index in [0.717, 1.165) is 63.8 Å². The zero-order valence-electron chi connectivity index (χ0n) is 20.1. The second-order valence-corrected chi connectivity index (χ2v) is 12.8. The predicted octanol–water partition coefficient (Wildman–Crippen LogP) is 1.18. The van der Waals surface area contributed by atoms with Gasteiger partial charge >= 0.3 is 0 Å². The van der Waals surface area contributed by atoms with Crippen LogP contribution in [-0.4, -0.2) is 68.9 Å². The summed E-state index contributed by atoms with van der Waals surface area (Å²) in [5, 5.41) is 11.9. The third kappa shape index (κ3) is 5.04. The standard InChI is InChI=1S/C25H39N5O3S/c1-17-13-20(30-12-2-10-28-30)5-8-24(17)34(32,33)21-6-3-18(4-7-21)15-27-25(31)23-14-19-16-26-11-9-22(19)29-23/h3-4,6-7,17,19-20,22-24,26,28-29H,2,5,8-16H2,1H3,(H,27,31). The summed E-state index contributed by atoms with van der Waals surface area (Å²) in [6.07, 6.45) is 5.63. The average Bonchev–Trinajstić information content (AvgIpc) is 3.53. The molecule has 3 saturated heterocycles. The molecular formula is C25H39N5O3S. The molecule has 0 radical (unpaired) electrons. The van der Waals surface area contributed by atoms with E-state index in [0.29, 0.717) is 35.9 Å². The Bertz CT molecular complexity index is 949. The molecule has 1 aromatic carbocycles. The fourth-order valence-corrected chi connectivity index (χ4v) is 8.47. The Balaban J connectivity index is 1.15. The van der Waals surface area contributed by atoms with Gasteiger partial charge in [0.2, 0.25) is 5.91 Å². The maximum atomic E-state index is 13.4. The highest BCUT2D eigenvalue weighted by Gasteiger charge is 2.40. The van der Waals surface area contributed by atoms with Crippen molar-refractivity contribution in [2.75, 3.05) is 26.2 Å². The molecule has 188 valence electrons. The van der Waals surface area contributed by atoms with Crippen molar-refractivity contribution in [1.82, 2.24) is 26.4 Å². The number of piperidine rings is 1. The maximum absolute atomic E-state index is 13.4. The number of nitrogens with one attached hydrogen (secondary N) is 4. The van der Waals surface area contributed by atoms with Gasteiger partial charge in [-0.3, -0.25) is 10.2 Å². The van der Waals surface area contributed by atoms with Gasteiger partial charge in [0.25, 0.3) is 0 Å². The number of rotatable bonds is 6. The summed E-state index contributed by atoms with van der Waals surface area (Å²) in [4.78, 5) is 13.0. The Morgan fingerprint density at radius 1 is 1.12 bits per heavy atom. The number of hydrogen-bond acceptors (Lipinski definition) is 7. The van der Waals surface area contributed by atoms with E-state index in [1.807, 2.05) is 12.1 Å². The molecule has 4 fully saturated rings. The van der Waals surface area contributed by atoms with Crippen molar-refractivity contribution in [2.24, 2.45) is 11.8 Å². The number of carbonyl (C=O) groups excluding carboxylic acids is 1. The van der Waals surface area contributed by atoms with E-state index in [1.165, 1.54) is 0 Å². The van der Waals surface area contributed by atoms with Crippen molar-refractivity contribution in [3.05, 3.63) is 29.8 Å². The molecule has 1 saturated carbocycles. The maximum Gasteiger partial charge on any atom is 0.237 e. The van der Waals surface area contributed by atoms with Crippen molar-refractivity contribution in [1.29, 1.82) is 0 Å². The third-order valence-corrected chi connectivity index (χ3v) is 10.8. The highest BCUT2D eigenvalue weighted by molar-refractivity contribution is 7.92. The summed E-state index contributed by atoms with van der Waals surface area (Å²) in [5.41, 5.74) is 4.35. The average molecular weight is 490 g/mol. The topological polar surface area (TPSA) is 103 Å². The lowest BCUT2D eigenvalue weighted by Gasteiger charge is -2.38. The molecule has 9 heteroatoms. The zero-order valence-corrected chi connectivity index (χ0v) is 20.9. The van der Waals surface area contributed by atoms with Crippen LogP contribution in [0.4, 0.5) is 0 Å². The molecule has 1 aromatic rings.